The number of benzene rings is 1. The molecular formula is C16H24N4O2. The Morgan fingerprint density at radius 3 is 2.59 bits per heavy atom. The Labute approximate surface area is 131 Å². The van der Waals surface area contributed by atoms with E-state index in [2.05, 4.69) is 10.6 Å². The quantitative estimate of drug-likeness (QED) is 0.790. The summed E-state index contributed by atoms with van der Waals surface area (Å²) < 4.78 is 0. The summed E-state index contributed by atoms with van der Waals surface area (Å²) in [5.41, 5.74) is 6.48. The van der Waals surface area contributed by atoms with Crippen molar-refractivity contribution in [2.24, 2.45) is 5.73 Å². The fourth-order valence-electron chi connectivity index (χ4n) is 2.29. The second-order valence-corrected chi connectivity index (χ2v) is 6.23. The second-order valence-electron chi connectivity index (χ2n) is 6.23. The maximum absolute atomic E-state index is 12.1. The average molecular weight is 304 g/mol. The molecule has 4 N–H and O–H groups in total. The first kappa shape index (κ1) is 16.3. The molecular weight excluding hydrogens is 280 g/mol. The molecule has 0 bridgehead atoms. The third-order valence-corrected chi connectivity index (χ3v) is 3.61. The van der Waals surface area contributed by atoms with Crippen LogP contribution in [0.25, 0.3) is 0 Å². The summed E-state index contributed by atoms with van der Waals surface area (Å²) in [5.74, 6) is -0.209. The van der Waals surface area contributed by atoms with E-state index in [1.807, 2.05) is 29.2 Å². The molecule has 0 radical (unpaired) electrons. The number of rotatable bonds is 4. The van der Waals surface area contributed by atoms with E-state index in [4.69, 9.17) is 5.73 Å². The predicted octanol–water partition coefficient (Wildman–Crippen LogP) is 1.67. The maximum atomic E-state index is 12.1. The van der Waals surface area contributed by atoms with Crippen LogP contribution in [0.3, 0.4) is 0 Å². The van der Waals surface area contributed by atoms with Crippen molar-refractivity contribution < 1.29 is 9.59 Å². The van der Waals surface area contributed by atoms with Crippen molar-refractivity contribution in [1.82, 2.24) is 10.2 Å². The van der Waals surface area contributed by atoms with Crippen molar-refractivity contribution in [2.45, 2.75) is 38.8 Å². The molecule has 1 saturated heterocycles. The van der Waals surface area contributed by atoms with E-state index in [0.29, 0.717) is 6.54 Å². The van der Waals surface area contributed by atoms with Crippen molar-refractivity contribution >= 4 is 17.6 Å². The van der Waals surface area contributed by atoms with Crippen LogP contribution in [-0.4, -0.2) is 35.5 Å². The van der Waals surface area contributed by atoms with Gasteiger partial charge in [0.1, 0.15) is 0 Å². The molecule has 1 aromatic carbocycles. The van der Waals surface area contributed by atoms with E-state index in [1.54, 1.807) is 13.8 Å². The molecule has 2 rings (SSSR count). The highest BCUT2D eigenvalue weighted by atomic mass is 16.2. The average Bonchev–Trinajstić information content (AvgIpc) is 2.98. The van der Waals surface area contributed by atoms with Crippen molar-refractivity contribution in [2.75, 3.05) is 18.4 Å². The Morgan fingerprint density at radius 2 is 1.95 bits per heavy atom. The molecule has 0 atom stereocenters. The topological polar surface area (TPSA) is 87.5 Å². The first-order valence-corrected chi connectivity index (χ1v) is 7.58. The van der Waals surface area contributed by atoms with Crippen LogP contribution >= 0.6 is 0 Å². The molecule has 3 amide bonds. The molecule has 0 spiro atoms. The van der Waals surface area contributed by atoms with Gasteiger partial charge in [0.25, 0.3) is 0 Å². The van der Waals surface area contributed by atoms with E-state index in [0.717, 1.165) is 37.2 Å². The zero-order chi connectivity index (χ0) is 16.2. The molecule has 1 heterocycles. The van der Waals surface area contributed by atoms with Crippen LogP contribution in [0.15, 0.2) is 24.3 Å². The summed E-state index contributed by atoms with van der Waals surface area (Å²) in [6.07, 6.45) is 2.13. The third-order valence-electron chi connectivity index (χ3n) is 3.61. The van der Waals surface area contributed by atoms with Gasteiger partial charge in [0, 0.05) is 25.3 Å². The second kappa shape index (κ2) is 6.79. The summed E-state index contributed by atoms with van der Waals surface area (Å²) in [5, 5.41) is 5.68. The molecule has 6 heteroatoms. The number of likely N-dealkylation sites (tertiary alicyclic amines) is 1. The van der Waals surface area contributed by atoms with Crippen LogP contribution in [0.4, 0.5) is 10.5 Å². The lowest BCUT2D eigenvalue weighted by Gasteiger charge is -2.18. The van der Waals surface area contributed by atoms with E-state index in [1.165, 1.54) is 0 Å². The molecule has 6 nitrogen and oxygen atoms in total. The van der Waals surface area contributed by atoms with Crippen molar-refractivity contribution in [3.8, 4) is 0 Å². The van der Waals surface area contributed by atoms with Crippen molar-refractivity contribution in [1.29, 1.82) is 0 Å². The summed E-state index contributed by atoms with van der Waals surface area (Å²) in [6.45, 7) is 5.33. The molecule has 0 saturated carbocycles. The zero-order valence-corrected chi connectivity index (χ0v) is 13.2. The summed E-state index contributed by atoms with van der Waals surface area (Å²) in [4.78, 5) is 25.6. The van der Waals surface area contributed by atoms with Gasteiger partial charge in [-0.3, -0.25) is 4.79 Å². The van der Waals surface area contributed by atoms with E-state index in [-0.39, 0.29) is 11.9 Å². The maximum Gasteiger partial charge on any atom is 0.321 e. The zero-order valence-electron chi connectivity index (χ0n) is 13.2. The molecule has 0 aliphatic carbocycles. The Hall–Kier alpha value is -2.08. The molecule has 0 unspecified atom stereocenters. The molecule has 1 aliphatic rings. The van der Waals surface area contributed by atoms with E-state index >= 15 is 0 Å². The fourth-order valence-corrected chi connectivity index (χ4v) is 2.29. The smallest absolute Gasteiger partial charge is 0.321 e. The molecule has 1 fully saturated rings. The summed E-state index contributed by atoms with van der Waals surface area (Å²) >= 11 is 0. The minimum absolute atomic E-state index is 0.0678. The molecule has 1 aliphatic heterocycles. The summed E-state index contributed by atoms with van der Waals surface area (Å²) in [6, 6.07) is 7.38. The number of nitrogens with two attached hydrogens (primary N) is 1. The van der Waals surface area contributed by atoms with Gasteiger partial charge in [-0.1, -0.05) is 12.1 Å². The highest BCUT2D eigenvalue weighted by Gasteiger charge is 2.21. The van der Waals surface area contributed by atoms with Gasteiger partial charge in [0.2, 0.25) is 5.91 Å². The van der Waals surface area contributed by atoms with Crippen LogP contribution in [0.5, 0.6) is 0 Å². The number of anilines is 1. The van der Waals surface area contributed by atoms with Crippen LogP contribution in [0.1, 0.15) is 32.3 Å². The number of hydrogen-bond donors (Lipinski definition) is 3. The van der Waals surface area contributed by atoms with Gasteiger partial charge in [-0.2, -0.15) is 0 Å². The minimum Gasteiger partial charge on any atom is -0.350 e. The third kappa shape index (κ3) is 4.46. The van der Waals surface area contributed by atoms with Gasteiger partial charge in [0.05, 0.1) is 5.54 Å². The normalized spacial score (nSPS) is 14.8. The lowest BCUT2D eigenvalue weighted by molar-refractivity contribution is -0.125. The lowest BCUT2D eigenvalue weighted by Crippen LogP contribution is -2.48. The number of carbonyl (C=O) groups is 2. The number of urea groups is 1. The Bertz CT molecular complexity index is 545. The highest BCUT2D eigenvalue weighted by Crippen LogP contribution is 2.14. The molecule has 120 valence electrons. The molecule has 0 aromatic heterocycles. The largest absolute Gasteiger partial charge is 0.350 e. The van der Waals surface area contributed by atoms with Crippen LogP contribution in [-0.2, 0) is 11.3 Å². The Morgan fingerprint density at radius 1 is 1.27 bits per heavy atom. The van der Waals surface area contributed by atoms with Crippen LogP contribution in [0.2, 0.25) is 0 Å². The fraction of sp³-hybridized carbons (Fsp3) is 0.500. The van der Waals surface area contributed by atoms with Crippen molar-refractivity contribution in [3.05, 3.63) is 29.8 Å². The number of nitrogens with one attached hydrogen (secondary N) is 2. The van der Waals surface area contributed by atoms with Gasteiger partial charge in [-0.25, -0.2) is 4.79 Å². The first-order chi connectivity index (χ1) is 10.4. The van der Waals surface area contributed by atoms with Gasteiger partial charge >= 0.3 is 6.03 Å². The van der Waals surface area contributed by atoms with Gasteiger partial charge in [0.15, 0.2) is 0 Å². The Balaban J connectivity index is 1.92. The van der Waals surface area contributed by atoms with Gasteiger partial charge in [-0.15, -0.1) is 0 Å². The summed E-state index contributed by atoms with van der Waals surface area (Å²) in [7, 11) is 0. The number of carbonyl (C=O) groups excluding carboxylic acids is 2. The van der Waals surface area contributed by atoms with Crippen LogP contribution in [0, 0.1) is 0 Å². The van der Waals surface area contributed by atoms with Gasteiger partial charge < -0.3 is 21.3 Å². The van der Waals surface area contributed by atoms with Crippen molar-refractivity contribution in [3.63, 3.8) is 0 Å². The first-order valence-electron chi connectivity index (χ1n) is 7.58. The SMILES string of the molecule is CC(C)(N)C(=O)NCc1cccc(NC(=O)N2CCCC2)c1. The number of nitrogens with zero attached hydrogens (tertiary/aromatic N) is 1. The standard InChI is InChI=1S/C16H24N4O2/c1-16(2,17)14(21)18-11-12-6-5-7-13(10-12)19-15(22)20-8-3-4-9-20/h5-7,10H,3-4,8-9,11,17H2,1-2H3,(H,18,21)(H,19,22). The lowest BCUT2D eigenvalue weighted by atomic mass is 10.1. The molecule has 22 heavy (non-hydrogen) atoms. The number of amides is 3. The number of hydrogen-bond acceptors (Lipinski definition) is 3. The minimum atomic E-state index is -0.901. The van der Waals surface area contributed by atoms with E-state index < -0.39 is 5.54 Å². The predicted molar refractivity (Wildman–Crippen MR) is 86.4 cm³/mol. The highest BCUT2D eigenvalue weighted by molar-refractivity contribution is 5.89. The Kier molecular flexibility index (Phi) is 5.03. The molecule has 1 aromatic rings. The van der Waals surface area contributed by atoms with Gasteiger partial charge in [-0.05, 0) is 44.4 Å². The monoisotopic (exact) mass is 304 g/mol. The van der Waals surface area contributed by atoms with E-state index in [9.17, 15) is 9.59 Å². The van der Waals surface area contributed by atoms with Crippen LogP contribution < -0.4 is 16.4 Å².